The van der Waals surface area contributed by atoms with Crippen LogP contribution in [-0.4, -0.2) is 14.0 Å². The Hall–Kier alpha value is -1.76. The van der Waals surface area contributed by atoms with Gasteiger partial charge in [-0.25, -0.2) is 17.5 Å². The molecule has 2 aromatic rings. The molecule has 0 saturated heterocycles. The van der Waals surface area contributed by atoms with Gasteiger partial charge in [-0.2, -0.15) is 0 Å². The van der Waals surface area contributed by atoms with Crippen LogP contribution < -0.4 is 10.0 Å². The van der Waals surface area contributed by atoms with Gasteiger partial charge in [0.15, 0.2) is 0 Å². The highest BCUT2D eigenvalue weighted by atomic mass is 32.2. The molecule has 4 nitrogen and oxygen atoms in total. The van der Waals surface area contributed by atoms with Gasteiger partial charge in [0.1, 0.15) is 5.82 Å². The first-order valence-corrected chi connectivity index (χ1v) is 9.23. The predicted molar refractivity (Wildman–Crippen MR) is 93.5 cm³/mol. The maximum absolute atomic E-state index is 13.6. The molecule has 0 heterocycles. The van der Waals surface area contributed by atoms with E-state index >= 15 is 0 Å². The molecule has 0 aliphatic rings. The molecule has 0 bridgehead atoms. The Labute approximate surface area is 143 Å². The summed E-state index contributed by atoms with van der Waals surface area (Å²) in [7, 11) is -3.67. The maximum Gasteiger partial charge on any atom is 0.240 e. The van der Waals surface area contributed by atoms with Gasteiger partial charge in [-0.3, -0.25) is 0 Å². The Morgan fingerprint density at radius 2 is 1.58 bits per heavy atom. The van der Waals surface area contributed by atoms with E-state index in [0.29, 0.717) is 12.1 Å². The fourth-order valence-corrected chi connectivity index (χ4v) is 3.06. The minimum absolute atomic E-state index is 0.00788. The first kappa shape index (κ1) is 18.6. The summed E-state index contributed by atoms with van der Waals surface area (Å²) in [6.45, 7) is 6.78. The highest BCUT2D eigenvalue weighted by molar-refractivity contribution is 7.89. The minimum atomic E-state index is -3.67. The van der Waals surface area contributed by atoms with E-state index in [-0.39, 0.29) is 17.0 Å². The van der Waals surface area contributed by atoms with Crippen LogP contribution in [0.4, 0.5) is 4.39 Å². The van der Waals surface area contributed by atoms with Gasteiger partial charge in [-0.1, -0.05) is 30.3 Å². The number of hydrogen-bond donors (Lipinski definition) is 2. The largest absolute Gasteiger partial charge is 0.308 e. The van der Waals surface area contributed by atoms with Gasteiger partial charge in [0.2, 0.25) is 10.0 Å². The summed E-state index contributed by atoms with van der Waals surface area (Å²) in [6.07, 6.45) is 0. The lowest BCUT2D eigenvalue weighted by molar-refractivity contribution is 0.424. The summed E-state index contributed by atoms with van der Waals surface area (Å²) in [4.78, 5) is 0.165. The first-order valence-electron chi connectivity index (χ1n) is 7.74. The molecule has 0 aromatic heterocycles. The molecule has 2 N–H and O–H groups in total. The Balaban J connectivity index is 2.03. The lowest BCUT2D eigenvalue weighted by Crippen LogP contribution is -2.35. The van der Waals surface area contributed by atoms with Crippen molar-refractivity contribution >= 4 is 10.0 Å². The number of benzene rings is 2. The summed E-state index contributed by atoms with van der Waals surface area (Å²) in [5.41, 5.74) is 1.30. The van der Waals surface area contributed by atoms with Crippen LogP contribution in [0.15, 0.2) is 53.4 Å². The number of rotatable bonds is 6. The zero-order chi connectivity index (χ0) is 17.8. The topological polar surface area (TPSA) is 58.2 Å². The molecular formula is C18H23FN2O2S. The fraction of sp³-hybridized carbons (Fsp3) is 0.333. The molecule has 0 saturated carbocycles. The monoisotopic (exact) mass is 350 g/mol. The molecule has 0 fully saturated rings. The quantitative estimate of drug-likeness (QED) is 0.841. The highest BCUT2D eigenvalue weighted by Gasteiger charge is 2.15. The minimum Gasteiger partial charge on any atom is -0.308 e. The Morgan fingerprint density at radius 3 is 2.17 bits per heavy atom. The zero-order valence-corrected chi connectivity index (χ0v) is 15.0. The average Bonchev–Trinajstić information content (AvgIpc) is 2.52. The SMILES string of the molecule is CC(C)(C)NCc1ccc(S(=O)(=O)NCc2ccccc2F)cc1. The van der Waals surface area contributed by atoms with Crippen molar-refractivity contribution in [3.05, 3.63) is 65.5 Å². The molecule has 0 amide bonds. The average molecular weight is 350 g/mol. The van der Waals surface area contributed by atoms with Crippen LogP contribution >= 0.6 is 0 Å². The van der Waals surface area contributed by atoms with Gasteiger partial charge in [0.25, 0.3) is 0 Å². The van der Waals surface area contributed by atoms with Crippen molar-refractivity contribution < 1.29 is 12.8 Å². The summed E-state index contributed by atoms with van der Waals surface area (Å²) in [5.74, 6) is -0.427. The van der Waals surface area contributed by atoms with E-state index in [0.717, 1.165) is 5.56 Å². The lowest BCUT2D eigenvalue weighted by Gasteiger charge is -2.20. The van der Waals surface area contributed by atoms with Crippen LogP contribution in [0.1, 0.15) is 31.9 Å². The van der Waals surface area contributed by atoms with E-state index in [2.05, 4.69) is 30.8 Å². The molecular weight excluding hydrogens is 327 g/mol. The lowest BCUT2D eigenvalue weighted by atomic mass is 10.1. The Morgan fingerprint density at radius 1 is 0.958 bits per heavy atom. The Bertz CT molecular complexity index is 781. The molecule has 0 radical (unpaired) electrons. The molecule has 0 aliphatic heterocycles. The van der Waals surface area contributed by atoms with Crippen molar-refractivity contribution in [1.29, 1.82) is 0 Å². The van der Waals surface area contributed by atoms with Crippen molar-refractivity contribution in [2.45, 2.75) is 44.3 Å². The third-order valence-electron chi connectivity index (χ3n) is 3.47. The van der Waals surface area contributed by atoms with Crippen LogP contribution in [0, 0.1) is 5.82 Å². The summed E-state index contributed by atoms with van der Waals surface area (Å²) in [5, 5.41) is 3.34. The zero-order valence-electron chi connectivity index (χ0n) is 14.1. The molecule has 6 heteroatoms. The summed E-state index contributed by atoms with van der Waals surface area (Å²) >= 11 is 0. The van der Waals surface area contributed by atoms with E-state index in [9.17, 15) is 12.8 Å². The van der Waals surface area contributed by atoms with Gasteiger partial charge < -0.3 is 5.32 Å². The van der Waals surface area contributed by atoms with Crippen molar-refractivity contribution in [3.63, 3.8) is 0 Å². The van der Waals surface area contributed by atoms with E-state index in [1.54, 1.807) is 42.5 Å². The van der Waals surface area contributed by atoms with Gasteiger partial charge in [-0.05, 0) is 44.5 Å². The fourth-order valence-electron chi connectivity index (χ4n) is 2.05. The van der Waals surface area contributed by atoms with Crippen LogP contribution in [0.2, 0.25) is 0 Å². The molecule has 0 unspecified atom stereocenters. The number of hydrogen-bond acceptors (Lipinski definition) is 3. The molecule has 0 spiro atoms. The Kier molecular flexibility index (Phi) is 5.74. The molecule has 0 aliphatic carbocycles. The first-order chi connectivity index (χ1) is 11.2. The molecule has 2 aromatic carbocycles. The predicted octanol–water partition coefficient (Wildman–Crippen LogP) is 3.19. The van der Waals surface area contributed by atoms with E-state index < -0.39 is 15.8 Å². The van der Waals surface area contributed by atoms with Gasteiger partial charge >= 0.3 is 0 Å². The number of sulfonamides is 1. The van der Waals surface area contributed by atoms with Crippen molar-refractivity contribution in [2.24, 2.45) is 0 Å². The normalized spacial score (nSPS) is 12.3. The second-order valence-electron chi connectivity index (χ2n) is 6.66. The molecule has 24 heavy (non-hydrogen) atoms. The van der Waals surface area contributed by atoms with E-state index in [1.807, 2.05) is 0 Å². The van der Waals surface area contributed by atoms with Crippen LogP contribution in [-0.2, 0) is 23.1 Å². The van der Waals surface area contributed by atoms with Gasteiger partial charge in [0, 0.05) is 24.2 Å². The van der Waals surface area contributed by atoms with Crippen molar-refractivity contribution in [2.75, 3.05) is 0 Å². The van der Waals surface area contributed by atoms with Crippen LogP contribution in [0.5, 0.6) is 0 Å². The highest BCUT2D eigenvalue weighted by Crippen LogP contribution is 2.13. The third-order valence-corrected chi connectivity index (χ3v) is 4.88. The van der Waals surface area contributed by atoms with Crippen molar-refractivity contribution in [1.82, 2.24) is 10.0 Å². The smallest absolute Gasteiger partial charge is 0.240 e. The second kappa shape index (κ2) is 7.42. The molecule has 130 valence electrons. The maximum atomic E-state index is 13.6. The summed E-state index contributed by atoms with van der Waals surface area (Å²) < 4.78 is 40.6. The van der Waals surface area contributed by atoms with E-state index in [4.69, 9.17) is 0 Å². The van der Waals surface area contributed by atoms with Gasteiger partial charge in [-0.15, -0.1) is 0 Å². The van der Waals surface area contributed by atoms with Crippen molar-refractivity contribution in [3.8, 4) is 0 Å². The summed E-state index contributed by atoms with van der Waals surface area (Å²) in [6, 6.07) is 12.8. The molecule has 0 atom stereocenters. The number of halogens is 1. The van der Waals surface area contributed by atoms with Crippen LogP contribution in [0.3, 0.4) is 0 Å². The standard InChI is InChI=1S/C18H23FN2O2S/c1-18(2,3)20-12-14-8-10-16(11-9-14)24(22,23)21-13-15-6-4-5-7-17(15)19/h4-11,20-21H,12-13H2,1-3H3. The molecule has 2 rings (SSSR count). The second-order valence-corrected chi connectivity index (χ2v) is 8.43. The third kappa shape index (κ3) is 5.40. The van der Waals surface area contributed by atoms with E-state index in [1.165, 1.54) is 6.07 Å². The number of nitrogens with one attached hydrogen (secondary N) is 2. The van der Waals surface area contributed by atoms with Gasteiger partial charge in [0.05, 0.1) is 4.90 Å². The van der Waals surface area contributed by atoms with Crippen LogP contribution in [0.25, 0.3) is 0 Å².